The molecule has 2 aliphatic rings. The first-order valence-electron chi connectivity index (χ1n) is 11.9. The van der Waals surface area contributed by atoms with E-state index in [2.05, 4.69) is 35.9 Å². The van der Waals surface area contributed by atoms with Gasteiger partial charge in [0.2, 0.25) is 0 Å². The summed E-state index contributed by atoms with van der Waals surface area (Å²) in [6, 6.07) is 13.5. The molecule has 0 saturated carbocycles. The lowest BCUT2D eigenvalue weighted by Crippen LogP contribution is -2.67. The average Bonchev–Trinajstić information content (AvgIpc) is 2.80. The van der Waals surface area contributed by atoms with E-state index in [1.54, 1.807) is 7.11 Å². The SMILES string of the molecule is CCOC(=O)CN(CCc1ccc(F)cc1)[C@@H]1[C@H]2Cc3ccc(OC)cc3[C@@]1(C)CCN2C. The lowest BCUT2D eigenvalue weighted by molar-refractivity contribution is -0.146. The number of likely N-dealkylation sites (N-methyl/N-ethyl adjacent to an activating group) is 1. The van der Waals surface area contributed by atoms with E-state index in [0.29, 0.717) is 19.2 Å². The number of benzene rings is 2. The van der Waals surface area contributed by atoms with Crippen LogP contribution in [0.4, 0.5) is 4.39 Å². The van der Waals surface area contributed by atoms with Crippen LogP contribution in [0, 0.1) is 5.82 Å². The minimum atomic E-state index is -0.233. The molecule has 4 rings (SSSR count). The van der Waals surface area contributed by atoms with Crippen molar-refractivity contribution in [2.75, 3.05) is 40.4 Å². The number of carbonyl (C=O) groups excluding carboxylic acids is 1. The molecule has 1 aliphatic heterocycles. The predicted molar refractivity (Wildman–Crippen MR) is 127 cm³/mol. The number of carbonyl (C=O) groups is 1. The van der Waals surface area contributed by atoms with Crippen molar-refractivity contribution in [1.82, 2.24) is 9.80 Å². The molecule has 2 bridgehead atoms. The summed E-state index contributed by atoms with van der Waals surface area (Å²) in [5, 5.41) is 0. The van der Waals surface area contributed by atoms with Crippen molar-refractivity contribution in [2.45, 2.75) is 50.6 Å². The molecule has 0 N–H and O–H groups in total. The smallest absolute Gasteiger partial charge is 0.320 e. The number of fused-ring (bicyclic) bond motifs is 4. The average molecular weight is 455 g/mol. The minimum absolute atomic E-state index is 0.116. The third-order valence-corrected chi connectivity index (χ3v) is 7.56. The first-order chi connectivity index (χ1) is 15.9. The summed E-state index contributed by atoms with van der Waals surface area (Å²) in [6.45, 7) is 6.52. The van der Waals surface area contributed by atoms with Crippen LogP contribution in [0.25, 0.3) is 0 Å². The van der Waals surface area contributed by atoms with Gasteiger partial charge in [-0.05, 0) is 80.7 Å². The highest BCUT2D eigenvalue weighted by molar-refractivity contribution is 5.71. The molecule has 1 fully saturated rings. The number of hydrogen-bond acceptors (Lipinski definition) is 5. The number of piperidine rings is 1. The molecule has 0 unspecified atom stereocenters. The second kappa shape index (κ2) is 9.82. The molecule has 1 heterocycles. The summed E-state index contributed by atoms with van der Waals surface area (Å²) in [5.41, 5.74) is 3.63. The van der Waals surface area contributed by atoms with Gasteiger partial charge in [0.05, 0.1) is 20.3 Å². The lowest BCUT2D eigenvalue weighted by atomic mass is 9.61. The Morgan fingerprint density at radius 1 is 1.24 bits per heavy atom. The third kappa shape index (κ3) is 4.78. The first kappa shape index (κ1) is 23.7. The number of hydrogen-bond donors (Lipinski definition) is 0. The summed E-state index contributed by atoms with van der Waals surface area (Å²) < 4.78 is 24.3. The number of ether oxygens (including phenoxy) is 2. The molecule has 1 saturated heterocycles. The van der Waals surface area contributed by atoms with E-state index in [0.717, 1.165) is 37.1 Å². The van der Waals surface area contributed by atoms with Gasteiger partial charge in [-0.15, -0.1) is 0 Å². The number of likely N-dealkylation sites (tertiary alicyclic amines) is 1. The van der Waals surface area contributed by atoms with Crippen molar-refractivity contribution in [3.05, 3.63) is 65.0 Å². The van der Waals surface area contributed by atoms with E-state index in [9.17, 15) is 9.18 Å². The molecular weight excluding hydrogens is 419 g/mol. The molecule has 5 nitrogen and oxygen atoms in total. The fourth-order valence-electron chi connectivity index (χ4n) is 5.83. The van der Waals surface area contributed by atoms with Crippen LogP contribution in [0.3, 0.4) is 0 Å². The Morgan fingerprint density at radius 2 is 2.00 bits per heavy atom. The van der Waals surface area contributed by atoms with Crippen molar-refractivity contribution in [1.29, 1.82) is 0 Å². The normalized spacial score (nSPS) is 24.4. The van der Waals surface area contributed by atoms with E-state index >= 15 is 0 Å². The molecule has 2 aromatic rings. The van der Waals surface area contributed by atoms with Crippen molar-refractivity contribution in [3.8, 4) is 5.75 Å². The molecule has 0 radical (unpaired) electrons. The van der Waals surface area contributed by atoms with Gasteiger partial charge < -0.3 is 14.4 Å². The minimum Gasteiger partial charge on any atom is -0.497 e. The van der Waals surface area contributed by atoms with Crippen molar-refractivity contribution in [3.63, 3.8) is 0 Å². The Kier molecular flexibility index (Phi) is 7.05. The Hall–Kier alpha value is -2.44. The Bertz CT molecular complexity index is 980. The molecule has 178 valence electrons. The molecule has 0 aromatic heterocycles. The molecule has 1 aliphatic carbocycles. The summed E-state index contributed by atoms with van der Waals surface area (Å²) in [7, 11) is 3.89. The van der Waals surface area contributed by atoms with Crippen molar-refractivity contribution >= 4 is 5.97 Å². The highest BCUT2D eigenvalue weighted by Gasteiger charge is 2.52. The van der Waals surface area contributed by atoms with E-state index in [4.69, 9.17) is 9.47 Å². The molecule has 33 heavy (non-hydrogen) atoms. The quantitative estimate of drug-likeness (QED) is 0.567. The largest absolute Gasteiger partial charge is 0.497 e. The highest BCUT2D eigenvalue weighted by atomic mass is 19.1. The topological polar surface area (TPSA) is 42.0 Å². The fourth-order valence-corrected chi connectivity index (χ4v) is 5.83. The van der Waals surface area contributed by atoms with Crippen molar-refractivity contribution < 1.29 is 18.7 Å². The second-order valence-electron chi connectivity index (χ2n) is 9.54. The Labute approximate surface area is 196 Å². The number of methoxy groups -OCH3 is 1. The maximum absolute atomic E-state index is 13.4. The van der Waals surface area contributed by atoms with E-state index in [-0.39, 0.29) is 29.8 Å². The first-order valence-corrected chi connectivity index (χ1v) is 11.9. The van der Waals surface area contributed by atoms with Crippen LogP contribution in [-0.2, 0) is 27.8 Å². The van der Waals surface area contributed by atoms with Crippen LogP contribution in [0.1, 0.15) is 37.0 Å². The highest BCUT2D eigenvalue weighted by Crippen LogP contribution is 2.47. The molecule has 0 spiro atoms. The number of nitrogens with zero attached hydrogens (tertiary/aromatic N) is 2. The molecule has 2 aromatic carbocycles. The monoisotopic (exact) mass is 454 g/mol. The van der Waals surface area contributed by atoms with Crippen LogP contribution < -0.4 is 4.74 Å². The predicted octanol–water partition coefficient (Wildman–Crippen LogP) is 3.83. The Morgan fingerprint density at radius 3 is 2.70 bits per heavy atom. The van der Waals surface area contributed by atoms with E-state index in [1.165, 1.54) is 23.3 Å². The van der Waals surface area contributed by atoms with Crippen LogP contribution in [0.2, 0.25) is 0 Å². The zero-order chi connectivity index (χ0) is 23.6. The van der Waals surface area contributed by atoms with E-state index < -0.39 is 0 Å². The fraction of sp³-hybridized carbons (Fsp3) is 0.519. The van der Waals surface area contributed by atoms with Gasteiger partial charge in [0.25, 0.3) is 0 Å². The van der Waals surface area contributed by atoms with Gasteiger partial charge in [0.15, 0.2) is 0 Å². The molecule has 0 amide bonds. The number of esters is 1. The number of halogens is 1. The summed E-state index contributed by atoms with van der Waals surface area (Å²) >= 11 is 0. The van der Waals surface area contributed by atoms with Gasteiger partial charge in [0, 0.05) is 24.0 Å². The summed E-state index contributed by atoms with van der Waals surface area (Å²) in [4.78, 5) is 17.4. The van der Waals surface area contributed by atoms with Gasteiger partial charge in [0.1, 0.15) is 11.6 Å². The van der Waals surface area contributed by atoms with Gasteiger partial charge >= 0.3 is 5.97 Å². The van der Waals surface area contributed by atoms with Crippen LogP contribution in [0.15, 0.2) is 42.5 Å². The van der Waals surface area contributed by atoms with Crippen LogP contribution in [-0.4, -0.2) is 68.3 Å². The van der Waals surface area contributed by atoms with Crippen LogP contribution in [0.5, 0.6) is 5.75 Å². The maximum atomic E-state index is 13.4. The number of rotatable bonds is 8. The summed E-state index contributed by atoms with van der Waals surface area (Å²) in [5.74, 6) is 0.440. The van der Waals surface area contributed by atoms with Gasteiger partial charge in [-0.25, -0.2) is 4.39 Å². The van der Waals surface area contributed by atoms with E-state index in [1.807, 2.05) is 25.1 Å². The lowest BCUT2D eigenvalue weighted by Gasteiger charge is -2.58. The maximum Gasteiger partial charge on any atom is 0.320 e. The summed E-state index contributed by atoms with van der Waals surface area (Å²) in [6.07, 6.45) is 2.68. The van der Waals surface area contributed by atoms with Gasteiger partial charge in [-0.3, -0.25) is 9.69 Å². The molecule has 3 atom stereocenters. The van der Waals surface area contributed by atoms with Gasteiger partial charge in [-0.2, -0.15) is 0 Å². The third-order valence-electron chi connectivity index (χ3n) is 7.56. The standard InChI is InChI=1S/C27H35FN2O3/c1-5-33-25(31)18-30(14-12-19-6-9-21(28)10-7-19)26-24-16-20-8-11-22(32-4)17-23(20)27(26,2)13-15-29(24)3/h6-11,17,24,26H,5,12-16,18H2,1-4H3/t24-,26-,27-/m1/s1. The zero-order valence-electron chi connectivity index (χ0n) is 20.1. The molecular formula is C27H35FN2O3. The van der Waals surface area contributed by atoms with Crippen LogP contribution >= 0.6 is 0 Å². The second-order valence-corrected chi connectivity index (χ2v) is 9.54. The van der Waals surface area contributed by atoms with Gasteiger partial charge in [-0.1, -0.05) is 25.1 Å². The molecule has 6 heteroatoms. The Balaban J connectivity index is 1.69. The zero-order valence-corrected chi connectivity index (χ0v) is 20.1. The van der Waals surface area contributed by atoms with Crippen molar-refractivity contribution in [2.24, 2.45) is 0 Å².